The fourth-order valence-electron chi connectivity index (χ4n) is 2.56. The number of rotatable bonds is 3. The summed E-state index contributed by atoms with van der Waals surface area (Å²) < 4.78 is 0. The van der Waals surface area contributed by atoms with Crippen LogP contribution in [-0.2, 0) is 0 Å². The van der Waals surface area contributed by atoms with Crippen molar-refractivity contribution in [1.29, 1.82) is 0 Å². The lowest BCUT2D eigenvalue weighted by Gasteiger charge is -2.32. The van der Waals surface area contributed by atoms with Gasteiger partial charge >= 0.3 is 0 Å². The molecular formula is C16H22ClN3O2. The van der Waals surface area contributed by atoms with Gasteiger partial charge in [-0.05, 0) is 44.0 Å². The van der Waals surface area contributed by atoms with Crippen molar-refractivity contribution in [2.24, 2.45) is 0 Å². The zero-order valence-electron chi connectivity index (χ0n) is 12.7. The van der Waals surface area contributed by atoms with Gasteiger partial charge in [0.2, 0.25) is 0 Å². The highest BCUT2D eigenvalue weighted by Crippen LogP contribution is 2.19. The number of carbonyl (C=O) groups is 2. The van der Waals surface area contributed by atoms with Crippen LogP contribution in [0.4, 0.5) is 0 Å². The largest absolute Gasteiger partial charge is 0.349 e. The lowest BCUT2D eigenvalue weighted by atomic mass is 10.1. The van der Waals surface area contributed by atoms with Crippen molar-refractivity contribution in [3.63, 3.8) is 0 Å². The van der Waals surface area contributed by atoms with E-state index in [4.69, 9.17) is 0 Å². The lowest BCUT2D eigenvalue weighted by molar-refractivity contribution is 0.0708. The highest BCUT2D eigenvalue weighted by molar-refractivity contribution is 5.98. The highest BCUT2D eigenvalue weighted by atomic mass is 35.5. The first-order valence-corrected chi connectivity index (χ1v) is 7.57. The number of piperazine rings is 1. The molecule has 1 saturated carbocycles. The normalized spacial score (nSPS) is 21.0. The van der Waals surface area contributed by atoms with E-state index in [1.807, 2.05) is 4.90 Å². The second kappa shape index (κ2) is 7.11. The molecule has 1 aliphatic heterocycles. The van der Waals surface area contributed by atoms with Crippen molar-refractivity contribution in [2.75, 3.05) is 19.6 Å². The van der Waals surface area contributed by atoms with Crippen molar-refractivity contribution in [2.45, 2.75) is 31.8 Å². The van der Waals surface area contributed by atoms with Gasteiger partial charge in [-0.25, -0.2) is 0 Å². The fraction of sp³-hybridized carbons (Fsp3) is 0.500. The minimum absolute atomic E-state index is 0. The molecule has 0 bridgehead atoms. The number of carbonyl (C=O) groups excluding carboxylic acids is 2. The first-order valence-electron chi connectivity index (χ1n) is 7.57. The summed E-state index contributed by atoms with van der Waals surface area (Å²) >= 11 is 0. The molecule has 1 saturated heterocycles. The third-order valence-corrected chi connectivity index (χ3v) is 3.96. The summed E-state index contributed by atoms with van der Waals surface area (Å²) in [6.07, 6.45) is 2.15. The SMILES string of the molecule is C[C@@H]1CN(C(=O)c2ccc(C(=O)NC3CC3)cc2)CCN1.Cl. The van der Waals surface area contributed by atoms with Crippen LogP contribution in [0.5, 0.6) is 0 Å². The highest BCUT2D eigenvalue weighted by Gasteiger charge is 2.24. The van der Waals surface area contributed by atoms with Gasteiger partial charge in [-0.2, -0.15) is 0 Å². The van der Waals surface area contributed by atoms with Gasteiger partial charge in [0.1, 0.15) is 0 Å². The van der Waals surface area contributed by atoms with Gasteiger partial charge in [0, 0.05) is 42.8 Å². The fourth-order valence-corrected chi connectivity index (χ4v) is 2.56. The molecule has 22 heavy (non-hydrogen) atoms. The molecule has 2 amide bonds. The molecule has 0 spiro atoms. The number of benzene rings is 1. The molecule has 2 fully saturated rings. The number of nitrogens with zero attached hydrogens (tertiary/aromatic N) is 1. The standard InChI is InChI=1S/C16H21N3O2.ClH/c1-11-10-19(9-8-17-11)16(21)13-4-2-12(3-5-13)15(20)18-14-6-7-14;/h2-5,11,14,17H,6-10H2,1H3,(H,18,20);1H/t11-;/m1./s1. The Morgan fingerprint density at radius 1 is 1.18 bits per heavy atom. The molecule has 1 aromatic carbocycles. The zero-order chi connectivity index (χ0) is 14.8. The maximum absolute atomic E-state index is 12.4. The van der Waals surface area contributed by atoms with E-state index < -0.39 is 0 Å². The van der Waals surface area contributed by atoms with Crippen molar-refractivity contribution >= 4 is 24.2 Å². The van der Waals surface area contributed by atoms with Crippen LogP contribution < -0.4 is 10.6 Å². The van der Waals surface area contributed by atoms with Gasteiger partial charge in [0.15, 0.2) is 0 Å². The van der Waals surface area contributed by atoms with E-state index in [-0.39, 0.29) is 24.2 Å². The van der Waals surface area contributed by atoms with E-state index in [9.17, 15) is 9.59 Å². The van der Waals surface area contributed by atoms with E-state index in [2.05, 4.69) is 17.6 Å². The van der Waals surface area contributed by atoms with Crippen LogP contribution in [0.25, 0.3) is 0 Å². The maximum Gasteiger partial charge on any atom is 0.253 e. The lowest BCUT2D eigenvalue weighted by Crippen LogP contribution is -2.51. The van der Waals surface area contributed by atoms with Crippen molar-refractivity contribution in [3.8, 4) is 0 Å². The minimum atomic E-state index is -0.0488. The Labute approximate surface area is 136 Å². The molecule has 1 heterocycles. The van der Waals surface area contributed by atoms with E-state index in [0.29, 0.717) is 23.2 Å². The average molecular weight is 324 g/mol. The number of amides is 2. The monoisotopic (exact) mass is 323 g/mol. The Balaban J connectivity index is 0.00000176. The predicted octanol–water partition coefficient (Wildman–Crippen LogP) is 1.43. The van der Waals surface area contributed by atoms with Gasteiger partial charge in [-0.3, -0.25) is 9.59 Å². The minimum Gasteiger partial charge on any atom is -0.349 e. The van der Waals surface area contributed by atoms with Crippen LogP contribution in [0.3, 0.4) is 0 Å². The average Bonchev–Trinajstić information content (AvgIpc) is 3.30. The Hall–Kier alpha value is -1.59. The van der Waals surface area contributed by atoms with E-state index >= 15 is 0 Å². The van der Waals surface area contributed by atoms with Gasteiger partial charge in [0.25, 0.3) is 11.8 Å². The third-order valence-electron chi connectivity index (χ3n) is 3.96. The number of hydrogen-bond donors (Lipinski definition) is 2. The maximum atomic E-state index is 12.4. The van der Waals surface area contributed by atoms with Gasteiger partial charge in [-0.15, -0.1) is 12.4 Å². The Morgan fingerprint density at radius 3 is 2.41 bits per heavy atom. The Morgan fingerprint density at radius 2 is 1.82 bits per heavy atom. The Bertz CT molecular complexity index is 543. The summed E-state index contributed by atoms with van der Waals surface area (Å²) in [6, 6.07) is 7.63. The zero-order valence-corrected chi connectivity index (χ0v) is 13.5. The molecule has 2 N–H and O–H groups in total. The predicted molar refractivity (Wildman–Crippen MR) is 87.5 cm³/mol. The second-order valence-corrected chi connectivity index (χ2v) is 5.93. The van der Waals surface area contributed by atoms with E-state index in [1.165, 1.54) is 0 Å². The second-order valence-electron chi connectivity index (χ2n) is 5.93. The molecule has 6 heteroatoms. The summed E-state index contributed by atoms with van der Waals surface area (Å²) in [6.45, 7) is 4.36. The summed E-state index contributed by atoms with van der Waals surface area (Å²) in [5, 5.41) is 6.27. The Kier molecular flexibility index (Phi) is 5.42. The van der Waals surface area contributed by atoms with E-state index in [0.717, 1.165) is 32.5 Å². The van der Waals surface area contributed by atoms with Crippen LogP contribution in [0, 0.1) is 0 Å². The third kappa shape index (κ3) is 3.99. The van der Waals surface area contributed by atoms with Gasteiger partial charge < -0.3 is 15.5 Å². The molecule has 0 aromatic heterocycles. The van der Waals surface area contributed by atoms with Crippen LogP contribution in [0.15, 0.2) is 24.3 Å². The van der Waals surface area contributed by atoms with Crippen LogP contribution >= 0.6 is 12.4 Å². The molecule has 5 nitrogen and oxygen atoms in total. The summed E-state index contributed by atoms with van der Waals surface area (Å²) in [5.74, 6) is -0.00945. The van der Waals surface area contributed by atoms with Crippen LogP contribution in [0.2, 0.25) is 0 Å². The summed E-state index contributed by atoms with van der Waals surface area (Å²) in [5.41, 5.74) is 1.26. The van der Waals surface area contributed by atoms with Crippen molar-refractivity contribution < 1.29 is 9.59 Å². The van der Waals surface area contributed by atoms with Crippen LogP contribution in [-0.4, -0.2) is 48.4 Å². The molecule has 0 radical (unpaired) electrons. The molecular weight excluding hydrogens is 302 g/mol. The first kappa shape index (κ1) is 16.8. The topological polar surface area (TPSA) is 61.4 Å². The smallest absolute Gasteiger partial charge is 0.253 e. The van der Waals surface area contributed by atoms with E-state index in [1.54, 1.807) is 24.3 Å². The first-order chi connectivity index (χ1) is 10.1. The molecule has 1 atom stereocenters. The molecule has 1 aliphatic carbocycles. The number of hydrogen-bond acceptors (Lipinski definition) is 3. The quantitative estimate of drug-likeness (QED) is 0.884. The molecule has 2 aliphatic rings. The molecule has 3 rings (SSSR count). The molecule has 1 aromatic rings. The van der Waals surface area contributed by atoms with Crippen LogP contribution in [0.1, 0.15) is 40.5 Å². The van der Waals surface area contributed by atoms with Crippen molar-refractivity contribution in [3.05, 3.63) is 35.4 Å². The van der Waals surface area contributed by atoms with Gasteiger partial charge in [0.05, 0.1) is 0 Å². The summed E-state index contributed by atoms with van der Waals surface area (Å²) in [7, 11) is 0. The number of nitrogens with one attached hydrogen (secondary N) is 2. The van der Waals surface area contributed by atoms with Gasteiger partial charge in [-0.1, -0.05) is 0 Å². The molecule has 0 unspecified atom stereocenters. The van der Waals surface area contributed by atoms with Crippen molar-refractivity contribution in [1.82, 2.24) is 15.5 Å². The summed E-state index contributed by atoms with van der Waals surface area (Å²) in [4.78, 5) is 26.2. The molecule has 120 valence electrons. The number of halogens is 1.